The number of nitrogens with one attached hydrogen (secondary N) is 9. The molecule has 7 aromatic rings. The molecule has 0 spiro atoms. The third-order valence-electron chi connectivity index (χ3n) is 22.2. The molecule has 676 valence electrons. The van der Waals surface area contributed by atoms with E-state index in [4.69, 9.17) is 69.0 Å². The summed E-state index contributed by atoms with van der Waals surface area (Å²) in [4.78, 5) is 122. The molecule has 11 bridgehead atoms. The van der Waals surface area contributed by atoms with Crippen LogP contribution in [0.3, 0.4) is 0 Å². The van der Waals surface area contributed by atoms with E-state index in [1.165, 1.54) is 37.4 Å². The van der Waals surface area contributed by atoms with Gasteiger partial charge in [0.15, 0.2) is 23.8 Å². The van der Waals surface area contributed by atoms with Crippen molar-refractivity contribution in [2.75, 3.05) is 47.9 Å². The Balaban J connectivity index is 0.0000154. The Kier molecular flexibility index (Phi) is 31.0. The predicted molar refractivity (Wildman–Crippen MR) is 453 cm³/mol. The Bertz CT molecular complexity index is 5260. The second kappa shape index (κ2) is 40.6. The number of aliphatic hydroxyl groups is 6. The Labute approximate surface area is 745 Å². The smallest absolute Gasteiger partial charge is 0.330 e. The van der Waals surface area contributed by atoms with Gasteiger partial charge in [-0.25, -0.2) is 4.79 Å². The lowest BCUT2D eigenvalue weighted by molar-refractivity contribution is -0.869. The molecule has 14 rings (SSSR count). The summed E-state index contributed by atoms with van der Waals surface area (Å²) in [5.74, 6) is -16.0. The van der Waals surface area contributed by atoms with E-state index >= 15 is 24.0 Å². The summed E-state index contributed by atoms with van der Waals surface area (Å²) in [6, 6.07) is 13.7. The molecule has 7 amide bonds. The van der Waals surface area contributed by atoms with Gasteiger partial charge in [0.2, 0.25) is 53.4 Å². The van der Waals surface area contributed by atoms with Crippen molar-refractivity contribution >= 4 is 94.3 Å². The van der Waals surface area contributed by atoms with Gasteiger partial charge in [-0.1, -0.05) is 115 Å². The maximum Gasteiger partial charge on any atom is 0.330 e. The lowest BCUT2D eigenvalue weighted by Gasteiger charge is -2.47. The Morgan fingerprint density at radius 3 is 1.96 bits per heavy atom. The molecule has 18 atom stereocenters. The lowest BCUT2D eigenvalue weighted by atomic mass is 9.84. The maximum absolute atomic E-state index is 16.6. The summed E-state index contributed by atoms with van der Waals surface area (Å²) in [7, 11) is 7.24. The zero-order valence-electron chi connectivity index (χ0n) is 69.5. The highest BCUT2D eigenvalue weighted by Crippen LogP contribution is 2.51. The number of aromatic hydroxyl groups is 3. The minimum atomic E-state index is -2.38. The molecule has 21 N–H and O–H groups in total. The highest BCUT2D eigenvalue weighted by Gasteiger charge is 2.50. The third-order valence-corrected chi connectivity index (χ3v) is 23.1. The number of carbonyl (C=O) groups excluding carboxylic acids is 7. The summed E-state index contributed by atoms with van der Waals surface area (Å²) in [6.45, 7) is 6.55. The molecule has 0 aromatic heterocycles. The van der Waals surface area contributed by atoms with E-state index in [9.17, 15) is 65.4 Å². The largest absolute Gasteiger partial charge is 1.00 e. The summed E-state index contributed by atoms with van der Waals surface area (Å²) < 4.78 is 39.7. The van der Waals surface area contributed by atoms with Gasteiger partial charge in [-0.15, -0.1) is 0 Å². The number of rotatable bonds is 23. The highest BCUT2D eigenvalue weighted by molar-refractivity contribution is 6.32. The minimum absolute atomic E-state index is 0. The number of benzene rings is 7. The summed E-state index contributed by atoms with van der Waals surface area (Å²) >= 11 is 20.7. The van der Waals surface area contributed by atoms with Crippen LogP contribution < -0.4 is 80.2 Å². The average molecular weight is 1830 g/mol. The van der Waals surface area contributed by atoms with Crippen LogP contribution >= 0.6 is 34.8 Å². The summed E-state index contributed by atoms with van der Waals surface area (Å²) in [6.07, 6.45) is -15.4. The van der Waals surface area contributed by atoms with Crippen LogP contribution in [-0.2, 0) is 65.7 Å². The van der Waals surface area contributed by atoms with Gasteiger partial charge >= 0.3 is 5.97 Å². The fourth-order valence-corrected chi connectivity index (χ4v) is 16.0. The van der Waals surface area contributed by atoms with Crippen molar-refractivity contribution in [1.29, 1.82) is 0 Å². The van der Waals surface area contributed by atoms with E-state index in [1.807, 2.05) is 83.5 Å². The number of primary amides is 1. The Hall–Kier alpha value is -10.5. The van der Waals surface area contributed by atoms with Crippen molar-refractivity contribution in [3.05, 3.63) is 186 Å². The number of nitrogens with zero attached hydrogens (tertiary/aromatic N) is 1. The van der Waals surface area contributed by atoms with Gasteiger partial charge in [0.05, 0.1) is 74.6 Å². The van der Waals surface area contributed by atoms with Crippen LogP contribution in [0.1, 0.15) is 127 Å². The number of phenolic OH excluding ortho intramolecular Hbond substituents is 3. The lowest BCUT2D eigenvalue weighted by Crippen LogP contribution is -3.00. The van der Waals surface area contributed by atoms with Crippen molar-refractivity contribution in [2.24, 2.45) is 11.7 Å². The molecule has 7 aromatic carbocycles. The van der Waals surface area contributed by atoms with E-state index < -0.39 is 237 Å². The molecule has 2 saturated heterocycles. The molecule has 2 unspecified atom stereocenters. The molecule has 0 aliphatic carbocycles. The van der Waals surface area contributed by atoms with Gasteiger partial charge in [-0.2, -0.15) is 0 Å². The average Bonchev–Trinajstić information content (AvgIpc) is 0.754. The predicted octanol–water partition coefficient (Wildman–Crippen LogP) is 1.56. The number of carboxylic acid groups (broad SMARTS) is 1. The number of carbonyl (C=O) groups is 8. The number of hydrogen-bond acceptors (Lipinski definition) is 26. The zero-order valence-corrected chi connectivity index (χ0v) is 72.5. The minimum Gasteiger partial charge on any atom is -1.00 e. The first-order valence-corrected chi connectivity index (χ1v) is 41.3. The molecule has 7 heterocycles. The molecule has 2 fully saturated rings. The van der Waals surface area contributed by atoms with Crippen LogP contribution in [0.25, 0.3) is 23.3 Å². The van der Waals surface area contributed by atoms with Crippen LogP contribution in [0, 0.1) is 5.92 Å². The fraction of sp³-hybridized carbons (Fsp3) is 0.402. The number of amides is 7. The van der Waals surface area contributed by atoms with Gasteiger partial charge in [0.25, 0.3) is 0 Å². The normalized spacial score (nSPS) is 26.0. The number of ether oxygens (including phenoxy) is 6. The number of hydrogen-bond donors (Lipinski definition) is 20. The molecule has 0 radical (unpaired) electrons. The van der Waals surface area contributed by atoms with Gasteiger partial charge in [-0.3, -0.25) is 33.6 Å². The molecular weight excluding hydrogens is 1720 g/mol. The van der Waals surface area contributed by atoms with Crippen molar-refractivity contribution in [3.63, 3.8) is 0 Å². The zero-order chi connectivity index (χ0) is 90.5. The van der Waals surface area contributed by atoms with Gasteiger partial charge in [0, 0.05) is 53.3 Å². The highest BCUT2D eigenvalue weighted by atomic mass is 35.5. The summed E-state index contributed by atoms with van der Waals surface area (Å²) in [5, 5.41) is 142. The van der Waals surface area contributed by atoms with E-state index in [1.54, 1.807) is 26.0 Å². The number of nitrogens with two attached hydrogens (primary N) is 1. The molecular formula is C87H101Cl4N11O24. The number of phenols is 3. The van der Waals surface area contributed by atoms with Crippen LogP contribution in [0.2, 0.25) is 15.1 Å². The first-order valence-electron chi connectivity index (χ1n) is 40.2. The third kappa shape index (κ3) is 22.2. The van der Waals surface area contributed by atoms with Crippen molar-refractivity contribution in [3.8, 4) is 57.1 Å². The molecule has 7 aliphatic rings. The number of fused-ring (bicyclic) bond motifs is 15. The van der Waals surface area contributed by atoms with Crippen LogP contribution in [0.15, 0.2) is 121 Å². The van der Waals surface area contributed by atoms with Crippen molar-refractivity contribution in [1.82, 2.24) is 47.9 Å². The molecule has 35 nitrogen and oxygen atoms in total. The van der Waals surface area contributed by atoms with E-state index in [2.05, 4.69) is 47.9 Å². The van der Waals surface area contributed by atoms with E-state index in [-0.39, 0.29) is 83.8 Å². The topological polar surface area (TPSA) is 529 Å². The van der Waals surface area contributed by atoms with Gasteiger partial charge in [-0.05, 0) is 139 Å². The summed E-state index contributed by atoms with van der Waals surface area (Å²) in [5.41, 5.74) is 3.99. The Morgan fingerprint density at radius 2 is 1.33 bits per heavy atom. The number of carboxylic acids is 1. The molecule has 126 heavy (non-hydrogen) atoms. The number of halogens is 4. The fourth-order valence-electron chi connectivity index (χ4n) is 15.4. The van der Waals surface area contributed by atoms with Crippen LogP contribution in [-0.4, -0.2) is 230 Å². The van der Waals surface area contributed by atoms with Gasteiger partial charge in [0.1, 0.15) is 95.6 Å². The number of quaternary nitrogens is 1. The first-order chi connectivity index (χ1) is 59.2. The van der Waals surface area contributed by atoms with Crippen LogP contribution in [0.4, 0.5) is 0 Å². The molecule has 39 heteroatoms. The quantitative estimate of drug-likeness (QED) is 0.0245. The van der Waals surface area contributed by atoms with Gasteiger partial charge < -0.3 is 150 Å². The number of aliphatic carboxylic acids is 1. The molecule has 0 saturated carbocycles. The Morgan fingerprint density at radius 1 is 0.690 bits per heavy atom. The number of aliphatic hydroxyl groups excluding tert-OH is 6. The standard InChI is InChI=1S/C87H100Cl3N11O24.ClH/c1-39(2)26-54(92-5)79(112)99-69-71(106)45-17-22-58(52(89)29-45)121-60-31-47-32-61(77(60)125-86-75(110)74(109)73(108)62(38-102)123-86)122-59-23-18-46(30-53(59)90)76(124-64-35-87(4,78(111)40(3)120-64)94-36-43-11-9-10-42(27-43)13-12-41-14-19-48(88)20-15-41)70-84(117)98-68(85(118)119)50-33-57(104)51(37-93-24-25-101(6,7)8)72(107)65(50)49-28-44(16-21-56(49)103)66(81(114)100-70)97-82(115)67(47)96-80(113)55(34-63(91)105)95-83(69)116;/h9-23,27-33,39-40,54-55,62,64,66-71,73-76,78,86,92-94,102,106,108-111H,24-26,34-38H2,1-8H3,(H11-,91,95,96,97,98,99,100,103,104,105,107,112,113,114,115,116,117,118,119);1H/b13-12+;/t40-,54+,55-,62+,64?,66+,67+,68+,69+,70?,71+,73+,74-,75+,76+,78-,86-,87-;/m0./s1. The maximum atomic E-state index is 16.6. The van der Waals surface area contributed by atoms with E-state index in [0.717, 1.165) is 59.2 Å². The van der Waals surface area contributed by atoms with Crippen LogP contribution in [0.5, 0.6) is 46.0 Å². The molecule has 7 aliphatic heterocycles. The number of likely N-dealkylation sites (N-methyl/N-ethyl adjacent to an activating group) is 2. The monoisotopic (exact) mass is 1820 g/mol. The second-order valence-electron chi connectivity index (χ2n) is 33.1. The van der Waals surface area contributed by atoms with E-state index in [0.29, 0.717) is 16.1 Å². The second-order valence-corrected chi connectivity index (χ2v) is 34.3. The SMILES string of the molecule is CN[C@H](CC(C)C)C(=O)N[C@H]1C(=O)N[C@@H](CC(N)=O)C(=O)N[C@H]2C(=O)N[C@H]3C(=O)NC(C(=O)N[C@@H](C(=O)O)c4cc(O)c(CNCC[N+](C)(C)C)c(O)c4-c4cc3ccc4O)[C@H](OC3C[C@](C)(NCc4cccc(/C=C/c5ccc(Cl)cc5)c4)[C@@H](O)[C@H](C)O3)c3ccc(c(Cl)c3)Oc3cc2cc(c3O[C@@H]2O[C@H](CO)[C@@H](O)[C@H](O)[C@H]2O)Oc2ccc(cc2Cl)[C@H]1O.[Cl-]. The van der Waals surface area contributed by atoms with Crippen molar-refractivity contribution in [2.45, 2.75) is 169 Å². The first kappa shape index (κ1) is 96.1. The van der Waals surface area contributed by atoms with Crippen molar-refractivity contribution < 1.29 is 135 Å².